The van der Waals surface area contributed by atoms with E-state index in [4.69, 9.17) is 0 Å². The van der Waals surface area contributed by atoms with Crippen LogP contribution in [0.5, 0.6) is 0 Å². The van der Waals surface area contributed by atoms with Crippen LogP contribution in [0.1, 0.15) is 43.9 Å². The van der Waals surface area contributed by atoms with Crippen LogP contribution in [0.2, 0.25) is 0 Å². The summed E-state index contributed by atoms with van der Waals surface area (Å²) in [6.07, 6.45) is 3.81. The summed E-state index contributed by atoms with van der Waals surface area (Å²) in [5.41, 5.74) is 2.82. The van der Waals surface area contributed by atoms with Crippen LogP contribution in [-0.4, -0.2) is 19.6 Å². The number of hydrogen-bond donors (Lipinski definition) is 2. The molecule has 1 aliphatic rings. The summed E-state index contributed by atoms with van der Waals surface area (Å²) in [5, 5.41) is 7.14. The van der Waals surface area contributed by atoms with Gasteiger partial charge in [0, 0.05) is 6.04 Å². The van der Waals surface area contributed by atoms with Gasteiger partial charge in [-0.25, -0.2) is 0 Å². The molecule has 1 aromatic carbocycles. The van der Waals surface area contributed by atoms with E-state index in [1.165, 1.54) is 37.1 Å². The van der Waals surface area contributed by atoms with E-state index in [-0.39, 0.29) is 0 Å². The molecule has 1 heterocycles. The number of rotatable bonds is 5. The zero-order valence-corrected chi connectivity index (χ0v) is 11.7. The second-order valence-electron chi connectivity index (χ2n) is 5.44. The standard InChI is InChI=1S/C16H26N2/c1-3-14-6-8-16(9-7-14)13(2)18-12-15-5-4-10-17-11-15/h6-9,13,15,17-18H,3-5,10-12H2,1-2H3. The number of piperidine rings is 1. The minimum Gasteiger partial charge on any atom is -0.316 e. The lowest BCUT2D eigenvalue weighted by atomic mass is 9.98. The Labute approximate surface area is 111 Å². The van der Waals surface area contributed by atoms with Crippen LogP contribution in [0.4, 0.5) is 0 Å². The van der Waals surface area contributed by atoms with E-state index in [9.17, 15) is 0 Å². The Hall–Kier alpha value is -0.860. The smallest absolute Gasteiger partial charge is 0.0291 e. The Bertz CT molecular complexity index is 339. The van der Waals surface area contributed by atoms with Crippen LogP contribution in [0.15, 0.2) is 24.3 Å². The van der Waals surface area contributed by atoms with Gasteiger partial charge < -0.3 is 10.6 Å². The van der Waals surface area contributed by atoms with Gasteiger partial charge in [-0.2, -0.15) is 0 Å². The minimum absolute atomic E-state index is 0.456. The lowest BCUT2D eigenvalue weighted by molar-refractivity contribution is 0.348. The van der Waals surface area contributed by atoms with Gasteiger partial charge in [-0.1, -0.05) is 31.2 Å². The highest BCUT2D eigenvalue weighted by Gasteiger charge is 2.14. The van der Waals surface area contributed by atoms with Crippen molar-refractivity contribution in [3.05, 3.63) is 35.4 Å². The topological polar surface area (TPSA) is 24.1 Å². The van der Waals surface area contributed by atoms with Crippen LogP contribution < -0.4 is 10.6 Å². The maximum atomic E-state index is 3.67. The Morgan fingerprint density at radius 2 is 2.11 bits per heavy atom. The van der Waals surface area contributed by atoms with E-state index in [1.807, 2.05) is 0 Å². The van der Waals surface area contributed by atoms with Crippen LogP contribution in [0.25, 0.3) is 0 Å². The van der Waals surface area contributed by atoms with Crippen molar-refractivity contribution in [3.63, 3.8) is 0 Å². The Kier molecular flexibility index (Phi) is 5.21. The SMILES string of the molecule is CCc1ccc(C(C)NCC2CCCNC2)cc1. The monoisotopic (exact) mass is 246 g/mol. The second kappa shape index (κ2) is 6.91. The van der Waals surface area contributed by atoms with Crippen LogP contribution >= 0.6 is 0 Å². The molecule has 18 heavy (non-hydrogen) atoms. The zero-order valence-electron chi connectivity index (χ0n) is 11.7. The van der Waals surface area contributed by atoms with Gasteiger partial charge in [0.1, 0.15) is 0 Å². The van der Waals surface area contributed by atoms with Gasteiger partial charge in [0.05, 0.1) is 0 Å². The molecule has 1 fully saturated rings. The van der Waals surface area contributed by atoms with Gasteiger partial charge in [-0.3, -0.25) is 0 Å². The number of aryl methyl sites for hydroxylation is 1. The molecule has 0 aromatic heterocycles. The third kappa shape index (κ3) is 3.82. The summed E-state index contributed by atoms with van der Waals surface area (Å²) < 4.78 is 0. The summed E-state index contributed by atoms with van der Waals surface area (Å²) in [6.45, 7) is 7.96. The molecule has 0 spiro atoms. The van der Waals surface area contributed by atoms with Crippen molar-refractivity contribution in [1.29, 1.82) is 0 Å². The maximum absolute atomic E-state index is 3.67. The summed E-state index contributed by atoms with van der Waals surface area (Å²) in [5.74, 6) is 0.802. The Balaban J connectivity index is 1.80. The van der Waals surface area contributed by atoms with Crippen molar-refractivity contribution in [1.82, 2.24) is 10.6 Å². The third-order valence-electron chi connectivity index (χ3n) is 4.00. The van der Waals surface area contributed by atoms with Crippen LogP contribution in [0.3, 0.4) is 0 Å². The predicted octanol–water partition coefficient (Wildman–Crippen LogP) is 2.90. The zero-order chi connectivity index (χ0) is 12.8. The molecule has 1 aliphatic heterocycles. The molecule has 2 N–H and O–H groups in total. The molecule has 2 rings (SSSR count). The molecule has 0 saturated carbocycles. The van der Waals surface area contributed by atoms with Crippen LogP contribution in [-0.2, 0) is 6.42 Å². The highest BCUT2D eigenvalue weighted by atomic mass is 14.9. The molecule has 0 amide bonds. The molecule has 100 valence electrons. The largest absolute Gasteiger partial charge is 0.316 e. The molecule has 0 radical (unpaired) electrons. The quantitative estimate of drug-likeness (QED) is 0.835. The molecule has 2 heteroatoms. The third-order valence-corrected chi connectivity index (χ3v) is 4.00. The van der Waals surface area contributed by atoms with Gasteiger partial charge in [0.25, 0.3) is 0 Å². The molecule has 1 aromatic rings. The van der Waals surface area contributed by atoms with E-state index in [0.717, 1.165) is 18.9 Å². The van der Waals surface area contributed by atoms with E-state index in [2.05, 4.69) is 48.7 Å². The first kappa shape index (κ1) is 13.6. The van der Waals surface area contributed by atoms with Crippen molar-refractivity contribution in [2.45, 2.75) is 39.2 Å². The molecule has 2 nitrogen and oxygen atoms in total. The van der Waals surface area contributed by atoms with E-state index in [1.54, 1.807) is 0 Å². The fourth-order valence-electron chi connectivity index (χ4n) is 2.60. The average Bonchev–Trinajstić information content (AvgIpc) is 2.46. The number of benzene rings is 1. The molecule has 0 bridgehead atoms. The van der Waals surface area contributed by atoms with Crippen molar-refractivity contribution in [2.24, 2.45) is 5.92 Å². The summed E-state index contributed by atoms with van der Waals surface area (Å²) in [6, 6.07) is 9.47. The summed E-state index contributed by atoms with van der Waals surface area (Å²) in [7, 11) is 0. The van der Waals surface area contributed by atoms with Gasteiger partial charge in [0.2, 0.25) is 0 Å². The predicted molar refractivity (Wildman–Crippen MR) is 77.8 cm³/mol. The van der Waals surface area contributed by atoms with E-state index in [0.29, 0.717) is 6.04 Å². The van der Waals surface area contributed by atoms with Gasteiger partial charge in [-0.05, 0) is 62.9 Å². The number of nitrogens with one attached hydrogen (secondary N) is 2. The van der Waals surface area contributed by atoms with Gasteiger partial charge >= 0.3 is 0 Å². The van der Waals surface area contributed by atoms with Crippen molar-refractivity contribution >= 4 is 0 Å². The Morgan fingerprint density at radius 3 is 2.72 bits per heavy atom. The first-order valence-electron chi connectivity index (χ1n) is 7.32. The molecule has 0 aliphatic carbocycles. The lowest BCUT2D eigenvalue weighted by Crippen LogP contribution is -2.36. The molecular weight excluding hydrogens is 220 g/mol. The van der Waals surface area contributed by atoms with Gasteiger partial charge in [0.15, 0.2) is 0 Å². The maximum Gasteiger partial charge on any atom is 0.0291 e. The second-order valence-corrected chi connectivity index (χ2v) is 5.44. The number of hydrogen-bond acceptors (Lipinski definition) is 2. The molecular formula is C16H26N2. The first-order valence-corrected chi connectivity index (χ1v) is 7.32. The van der Waals surface area contributed by atoms with Crippen LogP contribution in [0, 0.1) is 5.92 Å². The minimum atomic E-state index is 0.456. The normalized spacial score (nSPS) is 21.8. The van der Waals surface area contributed by atoms with Crippen molar-refractivity contribution in [2.75, 3.05) is 19.6 Å². The van der Waals surface area contributed by atoms with E-state index >= 15 is 0 Å². The molecule has 2 unspecified atom stereocenters. The Morgan fingerprint density at radius 1 is 1.33 bits per heavy atom. The highest BCUT2D eigenvalue weighted by Crippen LogP contribution is 2.15. The van der Waals surface area contributed by atoms with E-state index < -0.39 is 0 Å². The lowest BCUT2D eigenvalue weighted by Gasteiger charge is -2.25. The fourth-order valence-corrected chi connectivity index (χ4v) is 2.60. The fraction of sp³-hybridized carbons (Fsp3) is 0.625. The average molecular weight is 246 g/mol. The summed E-state index contributed by atoms with van der Waals surface area (Å²) in [4.78, 5) is 0. The summed E-state index contributed by atoms with van der Waals surface area (Å²) >= 11 is 0. The molecule has 2 atom stereocenters. The van der Waals surface area contributed by atoms with Crippen molar-refractivity contribution in [3.8, 4) is 0 Å². The van der Waals surface area contributed by atoms with Crippen molar-refractivity contribution < 1.29 is 0 Å². The first-order chi connectivity index (χ1) is 8.79. The van der Waals surface area contributed by atoms with Gasteiger partial charge in [-0.15, -0.1) is 0 Å². The molecule has 1 saturated heterocycles. The highest BCUT2D eigenvalue weighted by molar-refractivity contribution is 5.24.